The van der Waals surface area contributed by atoms with E-state index in [0.717, 1.165) is 6.54 Å². The molecular formula is C11H25N3O2. The van der Waals surface area contributed by atoms with Crippen LogP contribution in [0.1, 0.15) is 13.8 Å². The Balaban J connectivity index is 3.61. The largest absolute Gasteiger partial charge is 0.383 e. The summed E-state index contributed by atoms with van der Waals surface area (Å²) in [7, 11) is 5.67. The highest BCUT2D eigenvalue weighted by Crippen LogP contribution is 2.07. The molecule has 96 valence electrons. The molecule has 0 aromatic heterocycles. The van der Waals surface area contributed by atoms with Crippen molar-refractivity contribution in [2.24, 2.45) is 0 Å². The molecule has 0 heterocycles. The molecule has 0 bridgehead atoms. The summed E-state index contributed by atoms with van der Waals surface area (Å²) in [6, 6.07) is 0. The van der Waals surface area contributed by atoms with Gasteiger partial charge in [-0.2, -0.15) is 0 Å². The summed E-state index contributed by atoms with van der Waals surface area (Å²) in [5.41, 5.74) is 0.0484. The van der Waals surface area contributed by atoms with E-state index in [0.29, 0.717) is 19.7 Å². The predicted molar refractivity (Wildman–Crippen MR) is 65.5 cm³/mol. The van der Waals surface area contributed by atoms with Crippen molar-refractivity contribution in [1.82, 2.24) is 15.5 Å². The quantitative estimate of drug-likeness (QED) is 0.562. The van der Waals surface area contributed by atoms with E-state index in [-0.39, 0.29) is 11.4 Å². The smallest absolute Gasteiger partial charge is 0.234 e. The summed E-state index contributed by atoms with van der Waals surface area (Å²) in [6.07, 6.45) is 0. The van der Waals surface area contributed by atoms with Crippen molar-refractivity contribution in [2.75, 3.05) is 47.4 Å². The lowest BCUT2D eigenvalue weighted by Gasteiger charge is -2.32. The average Bonchev–Trinajstić information content (AvgIpc) is 2.17. The van der Waals surface area contributed by atoms with Gasteiger partial charge in [0.2, 0.25) is 5.91 Å². The number of carbonyl (C=O) groups excluding carboxylic acids is 1. The lowest BCUT2D eigenvalue weighted by atomic mass is 10.0. The van der Waals surface area contributed by atoms with Crippen LogP contribution in [0.3, 0.4) is 0 Å². The second-order valence-corrected chi connectivity index (χ2v) is 4.65. The maximum Gasteiger partial charge on any atom is 0.234 e. The zero-order valence-corrected chi connectivity index (χ0v) is 11.1. The van der Waals surface area contributed by atoms with Crippen LogP contribution in [0, 0.1) is 0 Å². The molecule has 0 aliphatic heterocycles. The zero-order chi connectivity index (χ0) is 12.6. The fourth-order valence-electron chi connectivity index (χ4n) is 0.995. The van der Waals surface area contributed by atoms with Gasteiger partial charge in [-0.1, -0.05) is 0 Å². The number of carbonyl (C=O) groups is 1. The molecule has 0 aliphatic carbocycles. The third-order valence-electron chi connectivity index (χ3n) is 2.68. The Labute approximate surface area is 98.5 Å². The second-order valence-electron chi connectivity index (χ2n) is 4.65. The molecule has 2 N–H and O–H groups in total. The third kappa shape index (κ3) is 6.76. The number of rotatable bonds is 8. The van der Waals surface area contributed by atoms with Gasteiger partial charge in [0.15, 0.2) is 0 Å². The van der Waals surface area contributed by atoms with Crippen LogP contribution in [-0.2, 0) is 9.53 Å². The van der Waals surface area contributed by atoms with E-state index in [4.69, 9.17) is 4.74 Å². The number of amides is 1. The van der Waals surface area contributed by atoms with Gasteiger partial charge in [-0.3, -0.25) is 4.79 Å². The van der Waals surface area contributed by atoms with Crippen LogP contribution in [0.15, 0.2) is 0 Å². The van der Waals surface area contributed by atoms with Gasteiger partial charge < -0.3 is 20.3 Å². The fourth-order valence-corrected chi connectivity index (χ4v) is 0.995. The van der Waals surface area contributed by atoms with Crippen molar-refractivity contribution in [3.05, 3.63) is 0 Å². The summed E-state index contributed by atoms with van der Waals surface area (Å²) >= 11 is 0. The molecule has 0 aliphatic rings. The van der Waals surface area contributed by atoms with Crippen LogP contribution in [-0.4, -0.2) is 63.8 Å². The maximum atomic E-state index is 11.3. The highest BCUT2D eigenvalue weighted by atomic mass is 16.5. The summed E-state index contributed by atoms with van der Waals surface area (Å²) < 4.78 is 4.84. The SMILES string of the molecule is COCCNC(=O)CNCC(C)(C)N(C)C. The van der Waals surface area contributed by atoms with E-state index in [1.165, 1.54) is 0 Å². The zero-order valence-electron chi connectivity index (χ0n) is 11.1. The highest BCUT2D eigenvalue weighted by molar-refractivity contribution is 5.77. The van der Waals surface area contributed by atoms with Crippen molar-refractivity contribution in [3.8, 4) is 0 Å². The van der Waals surface area contributed by atoms with Crippen molar-refractivity contribution < 1.29 is 9.53 Å². The lowest BCUT2D eigenvalue weighted by Crippen LogP contribution is -2.48. The Morgan fingerprint density at radius 1 is 1.38 bits per heavy atom. The van der Waals surface area contributed by atoms with Gasteiger partial charge in [-0.25, -0.2) is 0 Å². The summed E-state index contributed by atoms with van der Waals surface area (Å²) in [5, 5.41) is 5.90. The van der Waals surface area contributed by atoms with Crippen molar-refractivity contribution in [3.63, 3.8) is 0 Å². The van der Waals surface area contributed by atoms with Crippen molar-refractivity contribution in [1.29, 1.82) is 0 Å². The Bertz CT molecular complexity index is 205. The maximum absolute atomic E-state index is 11.3. The monoisotopic (exact) mass is 231 g/mol. The first-order chi connectivity index (χ1) is 7.40. The van der Waals surface area contributed by atoms with Crippen LogP contribution < -0.4 is 10.6 Å². The molecule has 0 fully saturated rings. The van der Waals surface area contributed by atoms with Crippen LogP contribution in [0.5, 0.6) is 0 Å². The Morgan fingerprint density at radius 3 is 2.50 bits per heavy atom. The summed E-state index contributed by atoms with van der Waals surface area (Å²) in [6.45, 7) is 6.49. The number of nitrogens with zero attached hydrogens (tertiary/aromatic N) is 1. The minimum absolute atomic E-state index is 0.00612. The number of likely N-dealkylation sites (N-methyl/N-ethyl adjacent to an activating group) is 1. The minimum Gasteiger partial charge on any atom is -0.383 e. The van der Waals surface area contributed by atoms with E-state index in [9.17, 15) is 4.79 Å². The number of hydrogen-bond donors (Lipinski definition) is 2. The molecular weight excluding hydrogens is 206 g/mol. The van der Waals surface area contributed by atoms with Gasteiger partial charge in [0.25, 0.3) is 0 Å². The normalized spacial score (nSPS) is 11.9. The van der Waals surface area contributed by atoms with Crippen LogP contribution in [0.2, 0.25) is 0 Å². The first kappa shape index (κ1) is 15.3. The molecule has 0 aromatic carbocycles. The first-order valence-corrected chi connectivity index (χ1v) is 5.54. The second kappa shape index (κ2) is 7.60. The summed E-state index contributed by atoms with van der Waals surface area (Å²) in [5.74, 6) is 0.00612. The molecule has 5 heteroatoms. The highest BCUT2D eigenvalue weighted by Gasteiger charge is 2.19. The van der Waals surface area contributed by atoms with Gasteiger partial charge >= 0.3 is 0 Å². The number of hydrogen-bond acceptors (Lipinski definition) is 4. The molecule has 0 spiro atoms. The minimum atomic E-state index is 0.00612. The van der Waals surface area contributed by atoms with Crippen LogP contribution in [0.4, 0.5) is 0 Å². The molecule has 0 rings (SSSR count). The number of nitrogens with one attached hydrogen (secondary N) is 2. The fraction of sp³-hybridized carbons (Fsp3) is 0.909. The molecule has 0 aromatic rings. The lowest BCUT2D eigenvalue weighted by molar-refractivity contribution is -0.120. The number of methoxy groups -OCH3 is 1. The van der Waals surface area contributed by atoms with Gasteiger partial charge in [-0.05, 0) is 27.9 Å². The van der Waals surface area contributed by atoms with E-state index in [1.54, 1.807) is 7.11 Å². The number of ether oxygens (including phenoxy) is 1. The standard InChI is InChI=1S/C11H25N3O2/c1-11(2,14(3)4)9-12-8-10(15)13-6-7-16-5/h12H,6-9H2,1-5H3,(H,13,15). The molecule has 1 amide bonds. The molecule has 5 nitrogen and oxygen atoms in total. The van der Waals surface area contributed by atoms with Gasteiger partial charge in [0.1, 0.15) is 0 Å². The molecule has 0 atom stereocenters. The summed E-state index contributed by atoms with van der Waals surface area (Å²) in [4.78, 5) is 13.5. The van der Waals surface area contributed by atoms with Crippen molar-refractivity contribution >= 4 is 5.91 Å². The predicted octanol–water partition coefficient (Wildman–Crippen LogP) is -0.321. The van der Waals surface area contributed by atoms with Gasteiger partial charge in [0, 0.05) is 25.7 Å². The third-order valence-corrected chi connectivity index (χ3v) is 2.68. The Hall–Kier alpha value is -0.650. The van der Waals surface area contributed by atoms with Crippen LogP contribution in [0.25, 0.3) is 0 Å². The van der Waals surface area contributed by atoms with Gasteiger partial charge in [0.05, 0.1) is 13.2 Å². The Kier molecular flexibility index (Phi) is 7.29. The average molecular weight is 231 g/mol. The Morgan fingerprint density at radius 2 is 2.00 bits per heavy atom. The van der Waals surface area contributed by atoms with Crippen LogP contribution >= 0.6 is 0 Å². The molecule has 0 radical (unpaired) electrons. The topological polar surface area (TPSA) is 53.6 Å². The first-order valence-electron chi connectivity index (χ1n) is 5.54. The van der Waals surface area contributed by atoms with E-state index < -0.39 is 0 Å². The molecule has 16 heavy (non-hydrogen) atoms. The van der Waals surface area contributed by atoms with E-state index in [1.807, 2.05) is 14.1 Å². The van der Waals surface area contributed by atoms with Gasteiger partial charge in [-0.15, -0.1) is 0 Å². The molecule has 0 saturated carbocycles. The molecule has 0 unspecified atom stereocenters. The van der Waals surface area contributed by atoms with E-state index >= 15 is 0 Å². The van der Waals surface area contributed by atoms with E-state index in [2.05, 4.69) is 29.4 Å². The van der Waals surface area contributed by atoms with Crippen molar-refractivity contribution in [2.45, 2.75) is 19.4 Å². The molecule has 0 saturated heterocycles.